The number of methoxy groups -OCH3 is 1. The van der Waals surface area contributed by atoms with E-state index in [2.05, 4.69) is 5.32 Å². The Labute approximate surface area is 138 Å². The molecule has 1 amide bonds. The SMILES string of the molecule is COc1cc2oc(=O)cc(C)c2cc1CCC(=O)N[C@@H](C)C(=O)O. The summed E-state index contributed by atoms with van der Waals surface area (Å²) in [5.74, 6) is -0.934. The predicted molar refractivity (Wildman–Crippen MR) is 87.3 cm³/mol. The van der Waals surface area contributed by atoms with E-state index < -0.39 is 17.6 Å². The quantitative estimate of drug-likeness (QED) is 0.778. The zero-order valence-electron chi connectivity index (χ0n) is 13.7. The molecule has 1 aromatic carbocycles. The molecule has 2 N–H and O–H groups in total. The van der Waals surface area contributed by atoms with Gasteiger partial charge in [0.2, 0.25) is 5.91 Å². The van der Waals surface area contributed by atoms with E-state index >= 15 is 0 Å². The summed E-state index contributed by atoms with van der Waals surface area (Å²) in [5, 5.41) is 12.0. The Hall–Kier alpha value is -2.83. The Morgan fingerprint density at radius 1 is 1.33 bits per heavy atom. The van der Waals surface area contributed by atoms with Crippen LogP contribution in [-0.2, 0) is 16.0 Å². The Kier molecular flexibility index (Phi) is 5.23. The number of aryl methyl sites for hydroxylation is 2. The number of amides is 1. The minimum atomic E-state index is -1.09. The lowest BCUT2D eigenvalue weighted by atomic mass is 10.0. The maximum atomic E-state index is 11.8. The molecule has 1 heterocycles. The third-order valence-corrected chi connectivity index (χ3v) is 3.72. The zero-order valence-corrected chi connectivity index (χ0v) is 13.7. The Bertz CT molecular complexity index is 839. The number of rotatable bonds is 6. The van der Waals surface area contributed by atoms with Crippen molar-refractivity contribution in [2.24, 2.45) is 0 Å². The molecular weight excluding hydrogens is 314 g/mol. The summed E-state index contributed by atoms with van der Waals surface area (Å²) in [7, 11) is 1.49. The summed E-state index contributed by atoms with van der Waals surface area (Å²) < 4.78 is 10.5. The smallest absolute Gasteiger partial charge is 0.336 e. The van der Waals surface area contributed by atoms with Crippen molar-refractivity contribution in [2.75, 3.05) is 7.11 Å². The monoisotopic (exact) mass is 333 g/mol. The molecule has 2 rings (SSSR count). The number of carbonyl (C=O) groups is 2. The molecule has 2 aromatic rings. The summed E-state index contributed by atoms with van der Waals surface area (Å²) in [6, 6.07) is 3.91. The highest BCUT2D eigenvalue weighted by Crippen LogP contribution is 2.28. The summed E-state index contributed by atoms with van der Waals surface area (Å²) in [6.45, 7) is 3.21. The van der Waals surface area contributed by atoms with Crippen LogP contribution in [0.3, 0.4) is 0 Å². The van der Waals surface area contributed by atoms with Crippen molar-refractivity contribution in [2.45, 2.75) is 32.7 Å². The molecule has 0 aliphatic rings. The van der Waals surface area contributed by atoms with Crippen LogP contribution in [-0.4, -0.2) is 30.1 Å². The Morgan fingerprint density at radius 2 is 2.04 bits per heavy atom. The first-order valence-corrected chi connectivity index (χ1v) is 7.45. The average molecular weight is 333 g/mol. The fourth-order valence-corrected chi connectivity index (χ4v) is 2.40. The van der Waals surface area contributed by atoms with Crippen molar-refractivity contribution in [3.8, 4) is 5.75 Å². The van der Waals surface area contributed by atoms with Crippen LogP contribution >= 0.6 is 0 Å². The van der Waals surface area contributed by atoms with Crippen molar-refractivity contribution >= 4 is 22.8 Å². The van der Waals surface area contributed by atoms with Crippen LogP contribution in [0.4, 0.5) is 0 Å². The molecule has 0 unspecified atom stereocenters. The number of carboxylic acid groups (broad SMARTS) is 1. The molecule has 7 nitrogen and oxygen atoms in total. The molecule has 1 aromatic heterocycles. The molecule has 1 atom stereocenters. The van der Waals surface area contributed by atoms with E-state index in [0.29, 0.717) is 17.8 Å². The lowest BCUT2D eigenvalue weighted by molar-refractivity contribution is -0.141. The fourth-order valence-electron chi connectivity index (χ4n) is 2.40. The van der Waals surface area contributed by atoms with Crippen LogP contribution in [0.15, 0.2) is 27.4 Å². The summed E-state index contributed by atoms with van der Waals surface area (Å²) in [4.78, 5) is 34.0. The molecular formula is C17H19NO6. The number of benzene rings is 1. The van der Waals surface area contributed by atoms with E-state index in [0.717, 1.165) is 16.5 Å². The lowest BCUT2D eigenvalue weighted by Crippen LogP contribution is -2.38. The largest absolute Gasteiger partial charge is 0.496 e. The third kappa shape index (κ3) is 3.92. The van der Waals surface area contributed by atoms with Crippen molar-refractivity contribution in [3.05, 3.63) is 39.7 Å². The van der Waals surface area contributed by atoms with Gasteiger partial charge in [-0.1, -0.05) is 0 Å². The second-order valence-electron chi connectivity index (χ2n) is 5.54. The highest BCUT2D eigenvalue weighted by atomic mass is 16.5. The number of hydrogen-bond acceptors (Lipinski definition) is 5. The van der Waals surface area contributed by atoms with Gasteiger partial charge in [0.25, 0.3) is 0 Å². The third-order valence-electron chi connectivity index (χ3n) is 3.72. The van der Waals surface area contributed by atoms with Crippen LogP contribution in [0, 0.1) is 6.92 Å². The van der Waals surface area contributed by atoms with E-state index in [1.807, 2.05) is 6.07 Å². The van der Waals surface area contributed by atoms with Crippen molar-refractivity contribution in [1.29, 1.82) is 0 Å². The molecule has 0 saturated carbocycles. The second-order valence-corrected chi connectivity index (χ2v) is 5.54. The average Bonchev–Trinajstić information content (AvgIpc) is 2.51. The van der Waals surface area contributed by atoms with E-state index in [1.54, 1.807) is 13.0 Å². The first-order valence-electron chi connectivity index (χ1n) is 7.45. The van der Waals surface area contributed by atoms with E-state index in [9.17, 15) is 14.4 Å². The van der Waals surface area contributed by atoms with Gasteiger partial charge in [-0.25, -0.2) is 4.79 Å². The maximum Gasteiger partial charge on any atom is 0.336 e. The molecule has 0 saturated heterocycles. The predicted octanol–water partition coefficient (Wildman–Crippen LogP) is 1.63. The van der Waals surface area contributed by atoms with E-state index in [-0.39, 0.29) is 12.3 Å². The summed E-state index contributed by atoms with van der Waals surface area (Å²) >= 11 is 0. The number of carbonyl (C=O) groups excluding carboxylic acids is 1. The van der Waals surface area contributed by atoms with Gasteiger partial charge >= 0.3 is 11.6 Å². The molecule has 7 heteroatoms. The van der Waals surface area contributed by atoms with Crippen LogP contribution in [0.2, 0.25) is 0 Å². The standard InChI is InChI=1S/C17H19NO6/c1-9-6-16(20)24-14-8-13(23-3)11(7-12(9)14)4-5-15(19)18-10(2)17(21)22/h6-8,10H,4-5H2,1-3H3,(H,18,19)(H,21,22)/t10-/m0/s1. The highest BCUT2D eigenvalue weighted by Gasteiger charge is 2.15. The van der Waals surface area contributed by atoms with Gasteiger partial charge in [0, 0.05) is 23.9 Å². The lowest BCUT2D eigenvalue weighted by Gasteiger charge is -2.12. The number of nitrogens with one attached hydrogen (secondary N) is 1. The number of hydrogen-bond donors (Lipinski definition) is 2. The summed E-state index contributed by atoms with van der Waals surface area (Å²) in [6.07, 6.45) is 0.491. The molecule has 0 spiro atoms. The molecule has 0 bridgehead atoms. The van der Waals surface area contributed by atoms with Crippen LogP contribution in [0.25, 0.3) is 11.0 Å². The Balaban J connectivity index is 2.23. The zero-order chi connectivity index (χ0) is 17.9. The number of carboxylic acids is 1. The van der Waals surface area contributed by atoms with Gasteiger partial charge in [-0.15, -0.1) is 0 Å². The maximum absolute atomic E-state index is 11.8. The minimum absolute atomic E-state index is 0.120. The molecule has 0 aliphatic heterocycles. The highest BCUT2D eigenvalue weighted by molar-refractivity contribution is 5.84. The van der Waals surface area contributed by atoms with Crippen molar-refractivity contribution in [1.82, 2.24) is 5.32 Å². The number of ether oxygens (including phenoxy) is 1. The molecule has 0 radical (unpaired) electrons. The van der Waals surface area contributed by atoms with Crippen molar-refractivity contribution in [3.63, 3.8) is 0 Å². The molecule has 0 aliphatic carbocycles. The van der Waals surface area contributed by atoms with Gasteiger partial charge < -0.3 is 19.6 Å². The van der Waals surface area contributed by atoms with Gasteiger partial charge in [-0.2, -0.15) is 0 Å². The second kappa shape index (κ2) is 7.16. The molecule has 128 valence electrons. The molecule has 0 fully saturated rings. The van der Waals surface area contributed by atoms with Crippen LogP contribution < -0.4 is 15.7 Å². The Morgan fingerprint density at radius 3 is 2.67 bits per heavy atom. The topological polar surface area (TPSA) is 106 Å². The van der Waals surface area contributed by atoms with Gasteiger partial charge in [0.15, 0.2) is 0 Å². The first kappa shape index (κ1) is 17.5. The first-order chi connectivity index (χ1) is 11.3. The van der Waals surface area contributed by atoms with Gasteiger partial charge in [0.1, 0.15) is 17.4 Å². The minimum Gasteiger partial charge on any atom is -0.496 e. The van der Waals surface area contributed by atoms with Gasteiger partial charge in [-0.3, -0.25) is 9.59 Å². The van der Waals surface area contributed by atoms with Crippen LogP contribution in [0.1, 0.15) is 24.5 Å². The van der Waals surface area contributed by atoms with Gasteiger partial charge in [0.05, 0.1) is 7.11 Å². The van der Waals surface area contributed by atoms with E-state index in [4.69, 9.17) is 14.3 Å². The van der Waals surface area contributed by atoms with Crippen LogP contribution in [0.5, 0.6) is 5.75 Å². The van der Waals surface area contributed by atoms with E-state index in [1.165, 1.54) is 20.1 Å². The molecule has 24 heavy (non-hydrogen) atoms. The fraction of sp³-hybridized carbons (Fsp3) is 0.353. The van der Waals surface area contributed by atoms with Crippen molar-refractivity contribution < 1.29 is 23.8 Å². The van der Waals surface area contributed by atoms with Gasteiger partial charge in [-0.05, 0) is 37.5 Å². The normalized spacial score (nSPS) is 12.0. The number of aliphatic carboxylic acids is 1. The summed E-state index contributed by atoms with van der Waals surface area (Å²) in [5.41, 5.74) is 1.54. The number of fused-ring (bicyclic) bond motifs is 1.